The number of piperidine rings is 1. The van der Waals surface area contributed by atoms with Crippen LogP contribution in [0.1, 0.15) is 55.0 Å². The molecule has 1 saturated heterocycles. The Labute approximate surface area is 177 Å². The third-order valence-electron chi connectivity index (χ3n) is 5.58. The average molecular weight is 423 g/mol. The Bertz CT molecular complexity index is 1170. The number of likely N-dealkylation sites (tertiary alicyclic amines) is 1. The second-order valence-corrected chi connectivity index (χ2v) is 8.53. The molecular formula is C21H22N6O2S. The lowest BCUT2D eigenvalue weighted by Gasteiger charge is -2.29. The average Bonchev–Trinajstić information content (AvgIpc) is 3.53. The van der Waals surface area contributed by atoms with E-state index in [1.165, 1.54) is 11.5 Å². The largest absolute Gasteiger partial charge is 0.339 e. The summed E-state index contributed by atoms with van der Waals surface area (Å²) in [5, 5.41) is 11.6. The van der Waals surface area contributed by atoms with E-state index < -0.39 is 0 Å². The molecule has 3 aromatic heterocycles. The normalized spacial score (nSPS) is 15.4. The molecule has 4 heterocycles. The Morgan fingerprint density at radius 1 is 1.23 bits per heavy atom. The van der Waals surface area contributed by atoms with Gasteiger partial charge in [-0.25, -0.2) is 0 Å². The van der Waals surface area contributed by atoms with Crippen LogP contribution in [0.5, 0.6) is 0 Å². The van der Waals surface area contributed by atoms with Crippen molar-refractivity contribution in [1.82, 2.24) is 29.2 Å². The molecule has 8 nitrogen and oxygen atoms in total. The molecule has 1 aliphatic heterocycles. The molecule has 0 radical (unpaired) electrons. The molecule has 0 spiro atoms. The Balaban J connectivity index is 1.31. The van der Waals surface area contributed by atoms with Crippen LogP contribution in [0.25, 0.3) is 22.3 Å². The summed E-state index contributed by atoms with van der Waals surface area (Å²) in [7, 11) is 0. The number of amides is 1. The molecule has 0 unspecified atom stereocenters. The molecule has 9 heteroatoms. The summed E-state index contributed by atoms with van der Waals surface area (Å²) in [6.07, 6.45) is 3.48. The van der Waals surface area contributed by atoms with Crippen LogP contribution < -0.4 is 0 Å². The standard InChI is InChI=1S/C21H22N6O2S/c1-13(2)27-18-11-15(3-4-16(18)12-22-27)19-23-20(29-24-19)14-5-8-26(9-6-14)21(28)17-7-10-30-25-17/h3-4,7,10-14H,5-6,8-9H2,1-2H3. The number of hydrogen-bond donors (Lipinski definition) is 0. The van der Waals surface area contributed by atoms with E-state index in [0.29, 0.717) is 30.5 Å². The van der Waals surface area contributed by atoms with Gasteiger partial charge in [-0.2, -0.15) is 14.5 Å². The molecule has 4 aromatic rings. The molecule has 0 bridgehead atoms. The summed E-state index contributed by atoms with van der Waals surface area (Å²) >= 11 is 1.30. The predicted molar refractivity (Wildman–Crippen MR) is 113 cm³/mol. The lowest BCUT2D eigenvalue weighted by Crippen LogP contribution is -2.38. The minimum atomic E-state index is -0.00372. The first-order valence-electron chi connectivity index (χ1n) is 10.1. The van der Waals surface area contributed by atoms with Crippen molar-refractivity contribution in [3.63, 3.8) is 0 Å². The molecule has 0 saturated carbocycles. The van der Waals surface area contributed by atoms with Crippen LogP contribution in [-0.4, -0.2) is 48.2 Å². The maximum atomic E-state index is 12.5. The van der Waals surface area contributed by atoms with Gasteiger partial charge < -0.3 is 9.42 Å². The van der Waals surface area contributed by atoms with Gasteiger partial charge >= 0.3 is 0 Å². The fraction of sp³-hybridized carbons (Fsp3) is 0.381. The van der Waals surface area contributed by atoms with Crippen LogP contribution in [0, 0.1) is 0 Å². The Kier molecular flexibility index (Phi) is 4.82. The monoisotopic (exact) mass is 422 g/mol. The highest BCUT2D eigenvalue weighted by atomic mass is 32.1. The first-order valence-corrected chi connectivity index (χ1v) is 10.9. The highest BCUT2D eigenvalue weighted by molar-refractivity contribution is 7.03. The van der Waals surface area contributed by atoms with Crippen molar-refractivity contribution >= 4 is 28.3 Å². The summed E-state index contributed by atoms with van der Waals surface area (Å²) < 4.78 is 11.7. The van der Waals surface area contributed by atoms with Crippen LogP contribution in [0.15, 0.2) is 40.4 Å². The highest BCUT2D eigenvalue weighted by Crippen LogP contribution is 2.30. The van der Waals surface area contributed by atoms with Crippen LogP contribution in [0.3, 0.4) is 0 Å². The Morgan fingerprint density at radius 3 is 2.80 bits per heavy atom. The zero-order valence-corrected chi connectivity index (χ0v) is 17.7. The number of benzene rings is 1. The number of aromatic nitrogens is 5. The Morgan fingerprint density at radius 2 is 2.07 bits per heavy atom. The van der Waals surface area contributed by atoms with Crippen molar-refractivity contribution in [1.29, 1.82) is 0 Å². The van der Waals surface area contributed by atoms with Crippen molar-refractivity contribution in [3.05, 3.63) is 47.4 Å². The summed E-state index contributed by atoms with van der Waals surface area (Å²) in [5.74, 6) is 1.39. The number of hydrogen-bond acceptors (Lipinski definition) is 7. The van der Waals surface area contributed by atoms with Gasteiger partial charge in [0.05, 0.1) is 11.7 Å². The smallest absolute Gasteiger partial charge is 0.273 e. The Hall–Kier alpha value is -3.07. The number of carbonyl (C=O) groups excluding carboxylic acids is 1. The zero-order chi connectivity index (χ0) is 20.7. The maximum absolute atomic E-state index is 12.5. The SMILES string of the molecule is CC(C)n1ncc2ccc(-c3noc(C4CCN(C(=O)c5ccsn5)CC4)n3)cc21. The van der Waals surface area contributed by atoms with Gasteiger partial charge in [-0.05, 0) is 50.4 Å². The summed E-state index contributed by atoms with van der Waals surface area (Å²) in [6.45, 7) is 5.55. The first kappa shape index (κ1) is 18.9. The molecule has 1 amide bonds. The minimum Gasteiger partial charge on any atom is -0.339 e. The van der Waals surface area contributed by atoms with Crippen molar-refractivity contribution in [2.45, 2.75) is 38.6 Å². The van der Waals surface area contributed by atoms with Crippen LogP contribution >= 0.6 is 11.5 Å². The maximum Gasteiger partial charge on any atom is 0.273 e. The molecule has 0 atom stereocenters. The quantitative estimate of drug-likeness (QED) is 0.491. The molecule has 1 fully saturated rings. The molecule has 154 valence electrons. The van der Waals surface area contributed by atoms with E-state index in [1.807, 2.05) is 33.3 Å². The van der Waals surface area contributed by atoms with Crippen LogP contribution in [0.4, 0.5) is 0 Å². The number of rotatable bonds is 4. The number of fused-ring (bicyclic) bond motifs is 1. The van der Waals surface area contributed by atoms with Crippen LogP contribution in [0.2, 0.25) is 0 Å². The summed E-state index contributed by atoms with van der Waals surface area (Å²) in [5.41, 5.74) is 2.49. The van der Waals surface area contributed by atoms with Gasteiger partial charge in [0, 0.05) is 41.4 Å². The fourth-order valence-electron chi connectivity index (χ4n) is 3.92. The van der Waals surface area contributed by atoms with E-state index in [1.54, 1.807) is 6.07 Å². The molecule has 5 rings (SSSR count). The van der Waals surface area contributed by atoms with Crippen molar-refractivity contribution in [3.8, 4) is 11.4 Å². The molecule has 1 aromatic carbocycles. The topological polar surface area (TPSA) is 89.9 Å². The highest BCUT2D eigenvalue weighted by Gasteiger charge is 2.28. The second-order valence-electron chi connectivity index (χ2n) is 7.86. The molecule has 1 aliphatic rings. The van der Waals surface area contributed by atoms with Crippen LogP contribution in [-0.2, 0) is 0 Å². The summed E-state index contributed by atoms with van der Waals surface area (Å²) in [4.78, 5) is 19.0. The lowest BCUT2D eigenvalue weighted by molar-refractivity contribution is 0.0700. The third-order valence-corrected chi connectivity index (χ3v) is 6.14. The van der Waals surface area contributed by atoms with E-state index in [-0.39, 0.29) is 17.9 Å². The molecule has 0 N–H and O–H groups in total. The van der Waals surface area contributed by atoms with Crippen molar-refractivity contribution in [2.75, 3.05) is 13.1 Å². The minimum absolute atomic E-state index is 0.00372. The second kappa shape index (κ2) is 7.64. The molecule has 30 heavy (non-hydrogen) atoms. The van der Waals surface area contributed by atoms with E-state index in [4.69, 9.17) is 4.52 Å². The van der Waals surface area contributed by atoms with Gasteiger partial charge in [0.2, 0.25) is 11.7 Å². The van der Waals surface area contributed by atoms with Gasteiger partial charge in [0.25, 0.3) is 5.91 Å². The van der Waals surface area contributed by atoms with E-state index >= 15 is 0 Å². The number of nitrogens with zero attached hydrogens (tertiary/aromatic N) is 6. The zero-order valence-electron chi connectivity index (χ0n) is 16.9. The summed E-state index contributed by atoms with van der Waals surface area (Å²) in [6, 6.07) is 8.14. The molecular weight excluding hydrogens is 400 g/mol. The van der Waals surface area contributed by atoms with Gasteiger partial charge in [-0.3, -0.25) is 9.48 Å². The first-order chi connectivity index (χ1) is 14.6. The van der Waals surface area contributed by atoms with Gasteiger partial charge in [-0.15, -0.1) is 0 Å². The van der Waals surface area contributed by atoms with Gasteiger partial charge in [0.15, 0.2) is 0 Å². The van der Waals surface area contributed by atoms with Crippen molar-refractivity contribution in [2.24, 2.45) is 0 Å². The van der Waals surface area contributed by atoms with Gasteiger partial charge in [-0.1, -0.05) is 17.3 Å². The van der Waals surface area contributed by atoms with E-state index in [0.717, 1.165) is 29.3 Å². The predicted octanol–water partition coefficient (Wildman–Crippen LogP) is 4.14. The van der Waals surface area contributed by atoms with E-state index in [2.05, 4.69) is 39.5 Å². The lowest BCUT2D eigenvalue weighted by atomic mass is 9.96. The third kappa shape index (κ3) is 3.39. The van der Waals surface area contributed by atoms with E-state index in [9.17, 15) is 4.79 Å². The van der Waals surface area contributed by atoms with Crippen molar-refractivity contribution < 1.29 is 9.32 Å². The molecule has 0 aliphatic carbocycles. The van der Waals surface area contributed by atoms with Gasteiger partial charge in [0.1, 0.15) is 5.69 Å². The number of carbonyl (C=O) groups is 1. The fourth-order valence-corrected chi connectivity index (χ4v) is 4.42.